The molecular weight excluding hydrogens is 401 g/mol. The monoisotopic (exact) mass is 420 g/mol. The van der Waals surface area contributed by atoms with Gasteiger partial charge in [0.15, 0.2) is 0 Å². The van der Waals surface area contributed by atoms with Crippen LogP contribution in [0.2, 0.25) is 25.7 Å². The average Bonchev–Trinajstić information content (AvgIpc) is 2.83. The molecule has 3 nitrogen and oxygen atoms in total. The summed E-state index contributed by atoms with van der Waals surface area (Å²) in [5.74, 6) is 0.445. The molecule has 132 valence electrons. The van der Waals surface area contributed by atoms with Crippen molar-refractivity contribution in [2.75, 3.05) is 6.61 Å². The summed E-state index contributed by atoms with van der Waals surface area (Å²) in [6, 6.07) is 6.19. The summed E-state index contributed by atoms with van der Waals surface area (Å²) in [5.41, 5.74) is -0.283. The van der Waals surface area contributed by atoms with E-state index in [2.05, 4.69) is 40.6 Å². The lowest BCUT2D eigenvalue weighted by Gasteiger charge is -2.16. The quantitative estimate of drug-likeness (QED) is 0.446. The van der Waals surface area contributed by atoms with Crippen molar-refractivity contribution < 1.29 is 17.9 Å². The van der Waals surface area contributed by atoms with E-state index in [0.29, 0.717) is 22.6 Å². The third-order valence-corrected chi connectivity index (χ3v) is 5.51. The summed E-state index contributed by atoms with van der Waals surface area (Å²) in [4.78, 5) is 4.27. The van der Waals surface area contributed by atoms with Crippen LogP contribution in [0.15, 0.2) is 35.1 Å². The maximum atomic E-state index is 12.9. The van der Waals surface area contributed by atoms with Gasteiger partial charge in [-0.25, -0.2) is 4.98 Å². The first-order valence-corrected chi connectivity index (χ1v) is 12.0. The van der Waals surface area contributed by atoms with E-state index in [0.717, 1.165) is 18.2 Å². The number of nitrogens with zero attached hydrogens (tertiary/aromatic N) is 2. The molecule has 0 aliphatic carbocycles. The molecule has 0 amide bonds. The van der Waals surface area contributed by atoms with Gasteiger partial charge >= 0.3 is 6.18 Å². The molecule has 0 spiro atoms. The summed E-state index contributed by atoms with van der Waals surface area (Å²) < 4.78 is 46.6. The fourth-order valence-corrected chi connectivity index (χ4v) is 3.26. The molecule has 1 aromatic carbocycles. The van der Waals surface area contributed by atoms with Crippen molar-refractivity contribution in [2.45, 2.75) is 38.6 Å². The van der Waals surface area contributed by atoms with Crippen LogP contribution in [-0.4, -0.2) is 24.2 Å². The van der Waals surface area contributed by atoms with Crippen LogP contribution < -0.4 is 0 Å². The Bertz CT molecular complexity index is 695. The molecule has 2 aromatic rings. The van der Waals surface area contributed by atoms with Gasteiger partial charge in [-0.05, 0) is 34.1 Å². The number of hydrogen-bond donors (Lipinski definition) is 0. The molecule has 1 aromatic heterocycles. The molecule has 0 unspecified atom stereocenters. The predicted octanol–water partition coefficient (Wildman–Crippen LogP) is 5.64. The Labute approximate surface area is 149 Å². The minimum Gasteiger partial charge on any atom is -0.361 e. The van der Waals surface area contributed by atoms with E-state index in [1.165, 1.54) is 6.07 Å². The highest BCUT2D eigenvalue weighted by molar-refractivity contribution is 9.10. The third kappa shape index (κ3) is 5.46. The SMILES string of the molecule is C[Si](C)(C)CCOCn1cc(Br)nc1-c1cccc(C(F)(F)F)c1. The number of aromatic nitrogens is 2. The summed E-state index contributed by atoms with van der Waals surface area (Å²) in [6.45, 7) is 7.68. The second-order valence-corrected chi connectivity index (χ2v) is 13.2. The maximum absolute atomic E-state index is 12.9. The fourth-order valence-electron chi connectivity index (χ4n) is 2.09. The number of halogens is 4. The molecule has 1 heterocycles. The second-order valence-electron chi connectivity index (χ2n) is 6.78. The molecule has 2 rings (SSSR count). The molecule has 0 bridgehead atoms. The minimum atomic E-state index is -4.38. The molecule has 0 saturated heterocycles. The zero-order valence-electron chi connectivity index (χ0n) is 13.8. The standard InChI is InChI=1S/C16H20BrF3N2OSi/c1-24(2,3)8-7-23-11-22-10-14(17)21-15(22)12-5-4-6-13(9-12)16(18,19)20/h4-6,9-10H,7-8,11H2,1-3H3. The second kappa shape index (κ2) is 7.41. The van der Waals surface area contributed by atoms with Crippen LogP contribution >= 0.6 is 15.9 Å². The number of alkyl halides is 3. The lowest BCUT2D eigenvalue weighted by Crippen LogP contribution is -2.22. The van der Waals surface area contributed by atoms with Crippen LogP contribution in [0.3, 0.4) is 0 Å². The van der Waals surface area contributed by atoms with Gasteiger partial charge in [-0.15, -0.1) is 0 Å². The largest absolute Gasteiger partial charge is 0.416 e. The average molecular weight is 421 g/mol. The van der Waals surface area contributed by atoms with Gasteiger partial charge in [0.25, 0.3) is 0 Å². The summed E-state index contributed by atoms with van der Waals surface area (Å²) in [6.07, 6.45) is -2.66. The molecule has 0 aliphatic heterocycles. The zero-order chi connectivity index (χ0) is 18.0. The smallest absolute Gasteiger partial charge is 0.361 e. The normalized spacial score (nSPS) is 12.6. The van der Waals surface area contributed by atoms with Crippen molar-refractivity contribution in [3.05, 3.63) is 40.6 Å². The van der Waals surface area contributed by atoms with E-state index in [1.807, 2.05) is 0 Å². The molecule has 0 N–H and O–H groups in total. The Morgan fingerprint density at radius 1 is 1.25 bits per heavy atom. The Morgan fingerprint density at radius 3 is 2.58 bits per heavy atom. The van der Waals surface area contributed by atoms with Crippen molar-refractivity contribution in [3.63, 3.8) is 0 Å². The Kier molecular flexibility index (Phi) is 5.93. The van der Waals surface area contributed by atoms with Gasteiger partial charge in [0.2, 0.25) is 0 Å². The van der Waals surface area contributed by atoms with Gasteiger partial charge in [0.05, 0.1) is 5.56 Å². The van der Waals surface area contributed by atoms with Gasteiger partial charge in [0.1, 0.15) is 17.2 Å². The number of benzene rings is 1. The number of rotatable bonds is 6. The van der Waals surface area contributed by atoms with Gasteiger partial charge in [0, 0.05) is 26.4 Å². The molecule has 8 heteroatoms. The molecular formula is C16H20BrF3N2OSi. The van der Waals surface area contributed by atoms with E-state index in [1.54, 1.807) is 16.8 Å². The van der Waals surface area contributed by atoms with Gasteiger partial charge in [-0.1, -0.05) is 31.8 Å². The first-order chi connectivity index (χ1) is 11.1. The van der Waals surface area contributed by atoms with Crippen LogP contribution in [0, 0.1) is 0 Å². The Morgan fingerprint density at radius 2 is 1.96 bits per heavy atom. The van der Waals surface area contributed by atoms with Crippen LogP contribution in [0.25, 0.3) is 11.4 Å². The summed E-state index contributed by atoms with van der Waals surface area (Å²) >= 11 is 3.28. The predicted molar refractivity (Wildman–Crippen MR) is 94.5 cm³/mol. The van der Waals surface area contributed by atoms with E-state index in [9.17, 15) is 13.2 Å². The molecule has 0 fully saturated rings. The lowest BCUT2D eigenvalue weighted by atomic mass is 10.1. The highest BCUT2D eigenvalue weighted by atomic mass is 79.9. The highest BCUT2D eigenvalue weighted by Gasteiger charge is 2.30. The van der Waals surface area contributed by atoms with Crippen molar-refractivity contribution in [2.24, 2.45) is 0 Å². The first kappa shape index (κ1) is 19.2. The number of hydrogen-bond acceptors (Lipinski definition) is 2. The molecule has 0 radical (unpaired) electrons. The Hall–Kier alpha value is -1.12. The molecule has 24 heavy (non-hydrogen) atoms. The van der Waals surface area contributed by atoms with Crippen LogP contribution in [0.5, 0.6) is 0 Å². The van der Waals surface area contributed by atoms with Crippen LogP contribution in [0.4, 0.5) is 13.2 Å². The van der Waals surface area contributed by atoms with Gasteiger partial charge < -0.3 is 9.30 Å². The number of ether oxygens (including phenoxy) is 1. The van der Waals surface area contributed by atoms with Gasteiger partial charge in [-0.3, -0.25) is 0 Å². The topological polar surface area (TPSA) is 27.1 Å². The lowest BCUT2D eigenvalue weighted by molar-refractivity contribution is -0.137. The fraction of sp³-hybridized carbons (Fsp3) is 0.438. The van der Waals surface area contributed by atoms with Crippen molar-refractivity contribution >= 4 is 24.0 Å². The maximum Gasteiger partial charge on any atom is 0.416 e. The van der Waals surface area contributed by atoms with Crippen molar-refractivity contribution in [1.82, 2.24) is 9.55 Å². The molecule has 0 atom stereocenters. The van der Waals surface area contributed by atoms with Crippen LogP contribution in [-0.2, 0) is 17.6 Å². The first-order valence-electron chi connectivity index (χ1n) is 7.54. The van der Waals surface area contributed by atoms with Crippen molar-refractivity contribution in [1.29, 1.82) is 0 Å². The molecule has 0 aliphatic rings. The summed E-state index contributed by atoms with van der Waals surface area (Å²) in [5, 5.41) is 0. The highest BCUT2D eigenvalue weighted by Crippen LogP contribution is 2.32. The zero-order valence-corrected chi connectivity index (χ0v) is 16.4. The van der Waals surface area contributed by atoms with E-state index >= 15 is 0 Å². The van der Waals surface area contributed by atoms with E-state index in [4.69, 9.17) is 4.74 Å². The molecule has 0 saturated carbocycles. The van der Waals surface area contributed by atoms with Crippen LogP contribution in [0.1, 0.15) is 5.56 Å². The minimum absolute atomic E-state index is 0.259. The van der Waals surface area contributed by atoms with Gasteiger partial charge in [-0.2, -0.15) is 13.2 Å². The number of imidazole rings is 1. The van der Waals surface area contributed by atoms with E-state index < -0.39 is 19.8 Å². The third-order valence-electron chi connectivity index (χ3n) is 3.42. The Balaban J connectivity index is 2.17. The van der Waals surface area contributed by atoms with E-state index in [-0.39, 0.29) is 6.73 Å². The van der Waals surface area contributed by atoms with Crippen molar-refractivity contribution in [3.8, 4) is 11.4 Å². The summed E-state index contributed by atoms with van der Waals surface area (Å²) in [7, 11) is -1.18.